The highest BCUT2D eigenvalue weighted by Crippen LogP contribution is 2.34. The summed E-state index contributed by atoms with van der Waals surface area (Å²) in [6, 6.07) is 10.5. The molecule has 21 heavy (non-hydrogen) atoms. The zero-order valence-electron chi connectivity index (χ0n) is 11.6. The standard InChI is InChI=1S/C15H15N3O3/c1-2-16-14-5-3-4-11(18-14)15(19)17-10-6-7-12-13(8-10)21-9-20-12/h3-8H,2,9H2,1H3,(H,16,18)(H,17,19). The number of rotatable bonds is 4. The minimum Gasteiger partial charge on any atom is -0.454 e. The van der Waals surface area contributed by atoms with E-state index in [1.807, 2.05) is 13.0 Å². The molecule has 0 saturated heterocycles. The van der Waals surface area contributed by atoms with Crippen molar-refractivity contribution in [2.75, 3.05) is 24.0 Å². The molecule has 0 atom stereocenters. The van der Waals surface area contributed by atoms with Gasteiger partial charge in [0.15, 0.2) is 11.5 Å². The first-order valence-electron chi connectivity index (χ1n) is 6.68. The Balaban J connectivity index is 1.75. The molecule has 0 spiro atoms. The summed E-state index contributed by atoms with van der Waals surface area (Å²) in [7, 11) is 0. The maximum absolute atomic E-state index is 12.2. The van der Waals surface area contributed by atoms with Crippen LogP contribution in [-0.4, -0.2) is 24.2 Å². The largest absolute Gasteiger partial charge is 0.454 e. The smallest absolute Gasteiger partial charge is 0.274 e. The summed E-state index contributed by atoms with van der Waals surface area (Å²) in [4.78, 5) is 16.4. The first kappa shape index (κ1) is 13.2. The van der Waals surface area contributed by atoms with Crippen LogP contribution in [0.4, 0.5) is 11.5 Å². The van der Waals surface area contributed by atoms with E-state index in [4.69, 9.17) is 9.47 Å². The minimum absolute atomic E-state index is 0.207. The Morgan fingerprint density at radius 3 is 2.95 bits per heavy atom. The van der Waals surface area contributed by atoms with Crippen molar-refractivity contribution >= 4 is 17.4 Å². The molecule has 1 aromatic heterocycles. The second kappa shape index (κ2) is 5.70. The molecule has 0 radical (unpaired) electrons. The van der Waals surface area contributed by atoms with Gasteiger partial charge >= 0.3 is 0 Å². The first-order chi connectivity index (χ1) is 10.3. The van der Waals surface area contributed by atoms with Gasteiger partial charge in [-0.05, 0) is 31.2 Å². The maximum Gasteiger partial charge on any atom is 0.274 e. The molecule has 0 bridgehead atoms. The van der Waals surface area contributed by atoms with Crippen LogP contribution in [-0.2, 0) is 0 Å². The van der Waals surface area contributed by atoms with Gasteiger partial charge in [0.25, 0.3) is 5.91 Å². The van der Waals surface area contributed by atoms with Crippen LogP contribution in [0.25, 0.3) is 0 Å². The van der Waals surface area contributed by atoms with Gasteiger partial charge in [0.2, 0.25) is 6.79 Å². The molecule has 0 aliphatic carbocycles. The third-order valence-corrected chi connectivity index (χ3v) is 2.97. The molecular weight excluding hydrogens is 270 g/mol. The van der Waals surface area contributed by atoms with E-state index in [0.29, 0.717) is 28.7 Å². The number of aromatic nitrogens is 1. The van der Waals surface area contributed by atoms with Crippen molar-refractivity contribution in [3.05, 3.63) is 42.1 Å². The van der Waals surface area contributed by atoms with Crippen LogP contribution < -0.4 is 20.1 Å². The van der Waals surface area contributed by atoms with E-state index in [0.717, 1.165) is 6.54 Å². The van der Waals surface area contributed by atoms with E-state index in [9.17, 15) is 4.79 Å². The fourth-order valence-corrected chi connectivity index (χ4v) is 2.01. The van der Waals surface area contributed by atoms with Crippen molar-refractivity contribution in [2.45, 2.75) is 6.92 Å². The van der Waals surface area contributed by atoms with Gasteiger partial charge in [-0.2, -0.15) is 0 Å². The molecule has 0 fully saturated rings. The molecule has 6 heteroatoms. The van der Waals surface area contributed by atoms with Crippen molar-refractivity contribution in [3.8, 4) is 11.5 Å². The topological polar surface area (TPSA) is 72.5 Å². The summed E-state index contributed by atoms with van der Waals surface area (Å²) < 4.78 is 10.5. The fraction of sp³-hybridized carbons (Fsp3) is 0.200. The first-order valence-corrected chi connectivity index (χ1v) is 6.68. The Kier molecular flexibility index (Phi) is 3.59. The number of fused-ring (bicyclic) bond motifs is 1. The zero-order valence-corrected chi connectivity index (χ0v) is 11.6. The highest BCUT2D eigenvalue weighted by atomic mass is 16.7. The van der Waals surface area contributed by atoms with Gasteiger partial charge in [0, 0.05) is 18.3 Å². The lowest BCUT2D eigenvalue weighted by atomic mass is 10.2. The maximum atomic E-state index is 12.2. The van der Waals surface area contributed by atoms with Crippen LogP contribution in [0.15, 0.2) is 36.4 Å². The second-order valence-corrected chi connectivity index (χ2v) is 4.46. The van der Waals surface area contributed by atoms with Crippen LogP contribution in [0.5, 0.6) is 11.5 Å². The summed E-state index contributed by atoms with van der Waals surface area (Å²) in [6.07, 6.45) is 0. The molecule has 0 saturated carbocycles. The summed E-state index contributed by atoms with van der Waals surface area (Å²) in [5.74, 6) is 1.71. The van der Waals surface area contributed by atoms with Crippen molar-refractivity contribution in [3.63, 3.8) is 0 Å². The molecule has 1 amide bonds. The fourth-order valence-electron chi connectivity index (χ4n) is 2.01. The molecule has 0 unspecified atom stereocenters. The minimum atomic E-state index is -0.270. The van der Waals surface area contributed by atoms with Crippen LogP contribution in [0.3, 0.4) is 0 Å². The predicted molar refractivity (Wildman–Crippen MR) is 78.9 cm³/mol. The third-order valence-electron chi connectivity index (χ3n) is 2.97. The average molecular weight is 285 g/mol. The lowest BCUT2D eigenvalue weighted by Gasteiger charge is -2.07. The molecule has 2 N–H and O–H groups in total. The molecule has 1 aliphatic heterocycles. The Morgan fingerprint density at radius 2 is 2.10 bits per heavy atom. The van der Waals surface area contributed by atoms with Gasteiger partial charge in [-0.3, -0.25) is 4.79 Å². The van der Waals surface area contributed by atoms with Crippen molar-refractivity contribution < 1.29 is 14.3 Å². The lowest BCUT2D eigenvalue weighted by Crippen LogP contribution is -2.14. The number of carbonyl (C=O) groups excluding carboxylic acids is 1. The predicted octanol–water partition coefficient (Wildman–Crippen LogP) is 2.49. The summed E-state index contributed by atoms with van der Waals surface area (Å²) in [5.41, 5.74) is 0.992. The molecule has 108 valence electrons. The number of hydrogen-bond donors (Lipinski definition) is 2. The van der Waals surface area contributed by atoms with Crippen LogP contribution in [0.1, 0.15) is 17.4 Å². The van der Waals surface area contributed by atoms with Crippen molar-refractivity contribution in [1.29, 1.82) is 0 Å². The zero-order chi connectivity index (χ0) is 14.7. The van der Waals surface area contributed by atoms with Crippen LogP contribution >= 0.6 is 0 Å². The monoisotopic (exact) mass is 285 g/mol. The normalized spacial score (nSPS) is 12.0. The number of ether oxygens (including phenoxy) is 2. The summed E-state index contributed by atoms with van der Waals surface area (Å²) in [5, 5.41) is 5.87. The molecule has 6 nitrogen and oxygen atoms in total. The van der Waals surface area contributed by atoms with Crippen LogP contribution in [0.2, 0.25) is 0 Å². The SMILES string of the molecule is CCNc1cccc(C(=O)Nc2ccc3c(c2)OCO3)n1. The third kappa shape index (κ3) is 2.89. The lowest BCUT2D eigenvalue weighted by molar-refractivity contribution is 0.102. The Bertz CT molecular complexity index is 673. The van der Waals surface area contributed by atoms with Gasteiger partial charge in [-0.1, -0.05) is 6.07 Å². The number of nitrogens with one attached hydrogen (secondary N) is 2. The van der Waals surface area contributed by atoms with Gasteiger partial charge in [-0.25, -0.2) is 4.98 Å². The summed E-state index contributed by atoms with van der Waals surface area (Å²) >= 11 is 0. The molecule has 1 aliphatic rings. The Hall–Kier alpha value is -2.76. The van der Waals surface area contributed by atoms with E-state index in [-0.39, 0.29) is 12.7 Å². The molecule has 2 heterocycles. The van der Waals surface area contributed by atoms with Crippen molar-refractivity contribution in [1.82, 2.24) is 4.98 Å². The number of hydrogen-bond acceptors (Lipinski definition) is 5. The molecular formula is C15H15N3O3. The number of carbonyl (C=O) groups is 1. The quantitative estimate of drug-likeness (QED) is 0.903. The highest BCUT2D eigenvalue weighted by molar-refractivity contribution is 6.03. The number of nitrogens with zero attached hydrogens (tertiary/aromatic N) is 1. The number of benzene rings is 1. The molecule has 1 aromatic carbocycles. The van der Waals surface area contributed by atoms with E-state index >= 15 is 0 Å². The average Bonchev–Trinajstić information content (AvgIpc) is 2.95. The van der Waals surface area contributed by atoms with E-state index in [1.54, 1.807) is 30.3 Å². The molecule has 3 rings (SSSR count). The van der Waals surface area contributed by atoms with Gasteiger partial charge in [0.05, 0.1) is 0 Å². The summed E-state index contributed by atoms with van der Waals surface area (Å²) in [6.45, 7) is 2.93. The van der Waals surface area contributed by atoms with Gasteiger partial charge in [-0.15, -0.1) is 0 Å². The van der Waals surface area contributed by atoms with Gasteiger partial charge < -0.3 is 20.1 Å². The Labute approximate surface area is 122 Å². The number of amides is 1. The second-order valence-electron chi connectivity index (χ2n) is 4.46. The van der Waals surface area contributed by atoms with E-state index in [2.05, 4.69) is 15.6 Å². The van der Waals surface area contributed by atoms with Crippen LogP contribution in [0, 0.1) is 0 Å². The number of pyridine rings is 1. The Morgan fingerprint density at radius 1 is 1.24 bits per heavy atom. The van der Waals surface area contributed by atoms with Gasteiger partial charge in [0.1, 0.15) is 11.5 Å². The highest BCUT2D eigenvalue weighted by Gasteiger charge is 2.15. The van der Waals surface area contributed by atoms with E-state index in [1.165, 1.54) is 0 Å². The number of anilines is 2. The van der Waals surface area contributed by atoms with E-state index < -0.39 is 0 Å². The molecule has 2 aromatic rings. The van der Waals surface area contributed by atoms with Crippen molar-refractivity contribution in [2.24, 2.45) is 0 Å².